The standard InChI is InChI=1S/C19H21N3OS/c1-3-22-18(16-7-5-4-6-8-16)20-21-19(22)24-14-13-23-17-11-9-15(2)10-12-17/h4-12H,3,13-14H2,1-2H3. The Labute approximate surface area is 146 Å². The highest BCUT2D eigenvalue weighted by Crippen LogP contribution is 2.23. The number of benzene rings is 2. The van der Waals surface area contributed by atoms with E-state index >= 15 is 0 Å². The van der Waals surface area contributed by atoms with Crippen LogP contribution < -0.4 is 4.74 Å². The topological polar surface area (TPSA) is 39.9 Å². The van der Waals surface area contributed by atoms with Gasteiger partial charge in [0, 0.05) is 17.9 Å². The third-order valence-electron chi connectivity index (χ3n) is 3.67. The normalized spacial score (nSPS) is 10.8. The van der Waals surface area contributed by atoms with Crippen LogP contribution in [0.15, 0.2) is 59.8 Å². The van der Waals surface area contributed by atoms with Crippen molar-refractivity contribution in [1.29, 1.82) is 0 Å². The van der Waals surface area contributed by atoms with Crippen molar-refractivity contribution >= 4 is 11.8 Å². The molecule has 1 heterocycles. The van der Waals surface area contributed by atoms with Crippen LogP contribution in [0.3, 0.4) is 0 Å². The van der Waals surface area contributed by atoms with Gasteiger partial charge in [0.05, 0.1) is 6.61 Å². The van der Waals surface area contributed by atoms with E-state index in [2.05, 4.69) is 52.9 Å². The Hall–Kier alpha value is -2.27. The highest BCUT2D eigenvalue weighted by Gasteiger charge is 2.12. The van der Waals surface area contributed by atoms with Crippen LogP contribution in [0.4, 0.5) is 0 Å². The van der Waals surface area contributed by atoms with Crippen molar-refractivity contribution in [2.45, 2.75) is 25.5 Å². The van der Waals surface area contributed by atoms with Gasteiger partial charge in [-0.1, -0.05) is 59.8 Å². The number of hydrogen-bond acceptors (Lipinski definition) is 4. The van der Waals surface area contributed by atoms with E-state index in [9.17, 15) is 0 Å². The molecule has 3 aromatic rings. The van der Waals surface area contributed by atoms with Crippen molar-refractivity contribution in [2.24, 2.45) is 0 Å². The van der Waals surface area contributed by atoms with Gasteiger partial charge in [-0.25, -0.2) is 0 Å². The second kappa shape index (κ2) is 8.02. The summed E-state index contributed by atoms with van der Waals surface area (Å²) in [6, 6.07) is 18.3. The van der Waals surface area contributed by atoms with Crippen molar-refractivity contribution in [3.63, 3.8) is 0 Å². The van der Waals surface area contributed by atoms with Crippen LogP contribution in [0, 0.1) is 6.92 Å². The number of thioether (sulfide) groups is 1. The average molecular weight is 339 g/mol. The highest BCUT2D eigenvalue weighted by atomic mass is 32.2. The minimum absolute atomic E-state index is 0.644. The van der Waals surface area contributed by atoms with E-state index in [1.165, 1.54) is 5.56 Å². The maximum atomic E-state index is 5.77. The van der Waals surface area contributed by atoms with E-state index < -0.39 is 0 Å². The summed E-state index contributed by atoms with van der Waals surface area (Å²) in [4.78, 5) is 0. The summed E-state index contributed by atoms with van der Waals surface area (Å²) in [6.07, 6.45) is 0. The predicted molar refractivity (Wildman–Crippen MR) is 98.5 cm³/mol. The second-order valence-electron chi connectivity index (χ2n) is 5.43. The average Bonchev–Trinajstić information content (AvgIpc) is 3.04. The zero-order valence-electron chi connectivity index (χ0n) is 14.0. The van der Waals surface area contributed by atoms with Crippen LogP contribution in [0.25, 0.3) is 11.4 Å². The lowest BCUT2D eigenvalue weighted by Crippen LogP contribution is -2.03. The molecule has 0 atom stereocenters. The lowest BCUT2D eigenvalue weighted by molar-refractivity contribution is 0.343. The summed E-state index contributed by atoms with van der Waals surface area (Å²) < 4.78 is 7.91. The van der Waals surface area contributed by atoms with Crippen LogP contribution in [-0.2, 0) is 6.54 Å². The summed E-state index contributed by atoms with van der Waals surface area (Å²) >= 11 is 1.67. The molecule has 0 fully saturated rings. The van der Waals surface area contributed by atoms with Gasteiger partial charge in [0.15, 0.2) is 11.0 Å². The summed E-state index contributed by atoms with van der Waals surface area (Å²) in [5, 5.41) is 9.63. The number of ether oxygens (including phenoxy) is 1. The van der Waals surface area contributed by atoms with Crippen LogP contribution in [0.5, 0.6) is 5.75 Å². The summed E-state index contributed by atoms with van der Waals surface area (Å²) in [6.45, 7) is 5.67. The minimum atomic E-state index is 0.644. The molecule has 0 saturated heterocycles. The van der Waals surface area contributed by atoms with Crippen molar-refractivity contribution < 1.29 is 4.74 Å². The molecule has 0 radical (unpaired) electrons. The van der Waals surface area contributed by atoms with Gasteiger partial charge >= 0.3 is 0 Å². The summed E-state index contributed by atoms with van der Waals surface area (Å²) in [7, 11) is 0. The molecular formula is C19H21N3OS. The van der Waals surface area contributed by atoms with Crippen LogP contribution in [0.1, 0.15) is 12.5 Å². The monoisotopic (exact) mass is 339 g/mol. The molecule has 0 bridgehead atoms. The number of nitrogens with zero attached hydrogens (tertiary/aromatic N) is 3. The number of hydrogen-bond donors (Lipinski definition) is 0. The molecule has 0 unspecified atom stereocenters. The molecule has 1 aromatic heterocycles. The molecule has 0 spiro atoms. The van der Waals surface area contributed by atoms with E-state index in [1.54, 1.807) is 11.8 Å². The Morgan fingerprint density at radius 2 is 1.75 bits per heavy atom. The Balaban J connectivity index is 1.59. The highest BCUT2D eigenvalue weighted by molar-refractivity contribution is 7.99. The zero-order chi connectivity index (χ0) is 16.8. The molecular weight excluding hydrogens is 318 g/mol. The third kappa shape index (κ3) is 3.97. The molecule has 0 N–H and O–H groups in total. The zero-order valence-corrected chi connectivity index (χ0v) is 14.8. The van der Waals surface area contributed by atoms with Crippen LogP contribution in [-0.4, -0.2) is 27.1 Å². The number of rotatable bonds is 7. The van der Waals surface area contributed by atoms with Crippen molar-refractivity contribution in [1.82, 2.24) is 14.8 Å². The fourth-order valence-electron chi connectivity index (χ4n) is 2.41. The molecule has 24 heavy (non-hydrogen) atoms. The Morgan fingerprint density at radius 1 is 1.00 bits per heavy atom. The summed E-state index contributed by atoms with van der Waals surface area (Å²) in [5.41, 5.74) is 2.33. The first-order chi connectivity index (χ1) is 11.8. The maximum absolute atomic E-state index is 5.77. The van der Waals surface area contributed by atoms with Crippen molar-refractivity contribution in [2.75, 3.05) is 12.4 Å². The molecule has 3 rings (SSSR count). The molecule has 0 amide bonds. The molecule has 0 saturated carbocycles. The van der Waals surface area contributed by atoms with Gasteiger partial charge in [0.2, 0.25) is 0 Å². The van der Waals surface area contributed by atoms with Gasteiger partial charge in [0.1, 0.15) is 5.75 Å². The molecule has 2 aromatic carbocycles. The molecule has 5 heteroatoms. The fourth-order valence-corrected chi connectivity index (χ4v) is 3.23. The van der Waals surface area contributed by atoms with Crippen LogP contribution in [0.2, 0.25) is 0 Å². The van der Waals surface area contributed by atoms with E-state index in [1.807, 2.05) is 30.3 Å². The molecule has 0 aliphatic heterocycles. The number of aryl methyl sites for hydroxylation is 1. The van der Waals surface area contributed by atoms with Gasteiger partial charge < -0.3 is 9.30 Å². The largest absolute Gasteiger partial charge is 0.493 e. The molecule has 0 aliphatic carbocycles. The SMILES string of the molecule is CCn1c(SCCOc2ccc(C)cc2)nnc1-c1ccccc1. The minimum Gasteiger partial charge on any atom is -0.493 e. The second-order valence-corrected chi connectivity index (χ2v) is 6.49. The lowest BCUT2D eigenvalue weighted by Gasteiger charge is -2.08. The summed E-state index contributed by atoms with van der Waals surface area (Å²) in [5.74, 6) is 2.66. The quantitative estimate of drug-likeness (QED) is 0.471. The van der Waals surface area contributed by atoms with Gasteiger partial charge in [-0.2, -0.15) is 0 Å². The van der Waals surface area contributed by atoms with E-state index in [0.29, 0.717) is 6.61 Å². The van der Waals surface area contributed by atoms with Gasteiger partial charge in [0.25, 0.3) is 0 Å². The molecule has 4 nitrogen and oxygen atoms in total. The Kier molecular flexibility index (Phi) is 5.54. The number of aromatic nitrogens is 3. The Bertz CT molecular complexity index is 769. The predicted octanol–water partition coefficient (Wildman–Crippen LogP) is 4.44. The van der Waals surface area contributed by atoms with E-state index in [-0.39, 0.29) is 0 Å². The fraction of sp³-hybridized carbons (Fsp3) is 0.263. The van der Waals surface area contributed by atoms with Gasteiger partial charge in [-0.15, -0.1) is 10.2 Å². The molecule has 124 valence electrons. The molecule has 0 aliphatic rings. The first-order valence-electron chi connectivity index (χ1n) is 8.09. The first-order valence-corrected chi connectivity index (χ1v) is 9.07. The van der Waals surface area contributed by atoms with Gasteiger partial charge in [-0.3, -0.25) is 0 Å². The Morgan fingerprint density at radius 3 is 2.46 bits per heavy atom. The smallest absolute Gasteiger partial charge is 0.191 e. The third-order valence-corrected chi connectivity index (χ3v) is 4.60. The van der Waals surface area contributed by atoms with E-state index in [4.69, 9.17) is 4.74 Å². The maximum Gasteiger partial charge on any atom is 0.191 e. The van der Waals surface area contributed by atoms with E-state index in [0.717, 1.165) is 34.6 Å². The lowest BCUT2D eigenvalue weighted by atomic mass is 10.2. The van der Waals surface area contributed by atoms with Crippen LogP contribution >= 0.6 is 11.8 Å². The van der Waals surface area contributed by atoms with Crippen molar-refractivity contribution in [3.8, 4) is 17.1 Å². The van der Waals surface area contributed by atoms with Gasteiger partial charge in [-0.05, 0) is 26.0 Å². The van der Waals surface area contributed by atoms with Crippen molar-refractivity contribution in [3.05, 3.63) is 60.2 Å². The first kappa shape index (κ1) is 16.6.